The maximum Gasteiger partial charge on any atom is 0.266 e. The quantitative estimate of drug-likeness (QED) is 0.0955. The molecule has 8 aliphatic heterocycles. The number of aromatic amines is 2. The van der Waals surface area contributed by atoms with Gasteiger partial charge in [0.05, 0.1) is 145 Å². The van der Waals surface area contributed by atoms with Crippen LogP contribution < -0.4 is 38.9 Å². The minimum Gasteiger partial charge on any atom is -0.457 e. The van der Waals surface area contributed by atoms with Crippen LogP contribution in [-0.2, 0) is 0 Å². The number of nitrogens with zero attached hydrogens (tertiary/aromatic N) is 10. The highest BCUT2D eigenvalue weighted by Crippen LogP contribution is 2.44. The first kappa shape index (κ1) is 81.2. The monoisotopic (exact) mass is 1790 g/mol. The van der Waals surface area contributed by atoms with Gasteiger partial charge in [0.2, 0.25) is 0 Å². The van der Waals surface area contributed by atoms with Gasteiger partial charge in [-0.1, -0.05) is 36.4 Å². The van der Waals surface area contributed by atoms with Gasteiger partial charge >= 0.3 is 0 Å². The zero-order chi connectivity index (χ0) is 93.7. The number of imidazole rings is 2. The maximum absolute atomic E-state index is 13.9. The summed E-state index contributed by atoms with van der Waals surface area (Å²) in [5.74, 6) is -6.23. The van der Waals surface area contributed by atoms with Crippen LogP contribution in [-0.4, -0.2) is 138 Å². The topological polar surface area (TPSA) is 375 Å². The number of amides is 16. The zero-order valence-electron chi connectivity index (χ0n) is 71.4. The van der Waals surface area contributed by atoms with Gasteiger partial charge in [-0.05, 0) is 290 Å². The fourth-order valence-electron chi connectivity index (χ4n) is 18.3. The maximum atomic E-state index is 13.9. The third-order valence-corrected chi connectivity index (χ3v) is 25.3. The highest BCUT2D eigenvalue weighted by atomic mass is 16.5. The molecule has 0 atom stereocenters. The smallest absolute Gasteiger partial charge is 0.266 e. The Morgan fingerprint density at radius 1 is 0.199 bits per heavy atom. The molecular weight excluding hydrogens is 1730 g/mol. The number of imide groups is 8. The molecule has 14 aromatic carbocycles. The first-order valence-electron chi connectivity index (χ1n) is 42.5. The van der Waals surface area contributed by atoms with E-state index in [1.54, 1.807) is 115 Å². The van der Waals surface area contributed by atoms with E-state index in [0.717, 1.165) is 83.5 Å². The van der Waals surface area contributed by atoms with Crippen LogP contribution in [0.5, 0.6) is 23.0 Å². The van der Waals surface area contributed by atoms with Gasteiger partial charge in [0.1, 0.15) is 34.6 Å². The molecule has 0 spiro atoms. The first-order valence-corrected chi connectivity index (χ1v) is 42.5. The number of aromatic nitrogens is 4. The first-order chi connectivity index (χ1) is 65.6. The van der Waals surface area contributed by atoms with Crippen molar-refractivity contribution in [1.82, 2.24) is 29.7 Å². The fraction of sp³-hybridized carbons (Fsp3) is 0.0377. The summed E-state index contributed by atoms with van der Waals surface area (Å²) in [5.41, 5.74) is 13.8. The number of fused-ring (bicyclic) bond motifs is 10. The highest BCUT2D eigenvalue weighted by Gasteiger charge is 2.46. The second-order valence-electron chi connectivity index (χ2n) is 33.4. The summed E-state index contributed by atoms with van der Waals surface area (Å²) in [4.78, 5) is 238. The molecular formula is C106H60N12O18. The predicted molar refractivity (Wildman–Crippen MR) is 495 cm³/mol. The molecule has 10 heterocycles. The molecule has 0 saturated heterocycles. The number of H-pyrrole nitrogens is 2. The normalized spacial score (nSPS) is 15.0. The molecule has 30 nitrogen and oxygen atoms in total. The Labute approximate surface area is 767 Å². The van der Waals surface area contributed by atoms with E-state index in [2.05, 4.69) is 19.9 Å². The summed E-state index contributed by atoms with van der Waals surface area (Å²) in [6, 6.07) is 74.6. The number of anilines is 6. The highest BCUT2D eigenvalue weighted by molar-refractivity contribution is 6.40. The number of benzene rings is 14. The fourth-order valence-corrected chi connectivity index (χ4v) is 18.3. The summed E-state index contributed by atoms with van der Waals surface area (Å²) in [6.07, 6.45) is 0. The Hall–Kier alpha value is -19.3. The van der Waals surface area contributed by atoms with Crippen molar-refractivity contribution in [2.24, 2.45) is 0 Å². The van der Waals surface area contributed by atoms with E-state index < -0.39 is 94.5 Å². The number of hydrogen-bond donors (Lipinski definition) is 2. The summed E-state index contributed by atoms with van der Waals surface area (Å²) in [5, 5.41) is 0. The van der Waals surface area contributed by atoms with Gasteiger partial charge in [0.15, 0.2) is 0 Å². The van der Waals surface area contributed by atoms with Crippen LogP contribution >= 0.6 is 0 Å². The van der Waals surface area contributed by atoms with Crippen molar-refractivity contribution in [2.75, 3.05) is 43.5 Å². The standard InChI is InChI=1S/2C53H30N6O9/c1-26-3-20-43-44(21-26)55-45(54-43)27-4-8-30(9-5-27)57-48(62)36-16-6-28(22-39(36)51(57)65)29-7-17-37-40(23-29)52(66)58(49(37)63)31-10-12-32(13-11-31)59-50(64)38-19-15-34(25-42(38)53(59)67)68-33-14-18-35-41(24-33)47(61)56(2)46(35)60;1-26-3-20-43-44(21-26)55-45(54-43)27-4-8-30(9-5-27)57-49(63)37-18-14-33(24-41(37)52(57)66)68-34-15-19-38-42(25-34)53(67)59(50(38)64)32-12-10-31(11-13-32)58-48(62)36-17-7-29(23-40(36)51(58)65)28-6-16-35-39(22-28)47(61)56(2)46(35)60/h2*3-25H,1-2H3,(H,54,55). The molecule has 0 bridgehead atoms. The Balaban J connectivity index is 0.000000153. The van der Waals surface area contributed by atoms with Crippen molar-refractivity contribution in [2.45, 2.75) is 13.8 Å². The van der Waals surface area contributed by atoms with Gasteiger partial charge in [-0.2, -0.15) is 0 Å². The van der Waals surface area contributed by atoms with Crippen LogP contribution in [0.4, 0.5) is 34.1 Å². The summed E-state index contributed by atoms with van der Waals surface area (Å²) in [6.45, 7) is 4.00. The molecule has 652 valence electrons. The third kappa shape index (κ3) is 12.6. The van der Waals surface area contributed by atoms with E-state index in [1.165, 1.54) is 141 Å². The molecule has 16 amide bonds. The van der Waals surface area contributed by atoms with Crippen LogP contribution in [0.15, 0.2) is 279 Å². The van der Waals surface area contributed by atoms with Crippen molar-refractivity contribution < 1.29 is 86.2 Å². The number of nitrogens with one attached hydrogen (secondary N) is 2. The van der Waals surface area contributed by atoms with Gasteiger partial charge in [-0.25, -0.2) is 39.4 Å². The summed E-state index contributed by atoms with van der Waals surface area (Å²) >= 11 is 0. The van der Waals surface area contributed by atoms with Crippen LogP contribution in [0.1, 0.15) is 177 Å². The number of rotatable bonds is 14. The molecule has 0 saturated carbocycles. The largest absolute Gasteiger partial charge is 0.457 e. The Kier molecular flexibility index (Phi) is 18.0. The predicted octanol–water partition coefficient (Wildman–Crippen LogP) is 17.3. The van der Waals surface area contributed by atoms with Crippen LogP contribution in [0.2, 0.25) is 0 Å². The van der Waals surface area contributed by atoms with Crippen molar-refractivity contribution in [1.29, 1.82) is 0 Å². The van der Waals surface area contributed by atoms with Gasteiger partial charge in [0.25, 0.3) is 94.5 Å². The van der Waals surface area contributed by atoms with Crippen molar-refractivity contribution in [3.05, 3.63) is 379 Å². The van der Waals surface area contributed by atoms with Gasteiger partial charge in [-0.3, -0.25) is 86.5 Å². The molecule has 24 rings (SSSR count). The van der Waals surface area contributed by atoms with E-state index in [4.69, 9.17) is 9.47 Å². The van der Waals surface area contributed by atoms with E-state index in [1.807, 2.05) is 50.2 Å². The lowest BCUT2D eigenvalue weighted by atomic mass is 9.97. The van der Waals surface area contributed by atoms with Crippen LogP contribution in [0, 0.1) is 13.8 Å². The second-order valence-corrected chi connectivity index (χ2v) is 33.4. The molecule has 16 aromatic rings. The molecule has 0 unspecified atom stereocenters. The Morgan fingerprint density at radius 3 is 0.735 bits per heavy atom. The zero-order valence-corrected chi connectivity index (χ0v) is 71.4. The average Bonchev–Trinajstić information content (AvgIpc) is 1.59. The average molecular weight is 1790 g/mol. The summed E-state index contributed by atoms with van der Waals surface area (Å²) in [7, 11) is 2.80. The van der Waals surface area contributed by atoms with E-state index >= 15 is 0 Å². The van der Waals surface area contributed by atoms with E-state index in [0.29, 0.717) is 45.3 Å². The Bertz CT molecular complexity index is 8380. The summed E-state index contributed by atoms with van der Waals surface area (Å²) < 4.78 is 12.0. The number of hydrogen-bond acceptors (Lipinski definition) is 20. The van der Waals surface area contributed by atoms with Gasteiger partial charge in [-0.15, -0.1) is 0 Å². The lowest BCUT2D eigenvalue weighted by Gasteiger charge is -2.17. The minimum absolute atomic E-state index is 0.0684. The molecule has 2 N–H and O–H groups in total. The third-order valence-electron chi connectivity index (χ3n) is 25.3. The molecule has 136 heavy (non-hydrogen) atoms. The molecule has 0 fully saturated rings. The number of aryl methyl sites for hydroxylation is 2. The van der Waals surface area contributed by atoms with Crippen LogP contribution in [0.25, 0.3) is 67.1 Å². The minimum atomic E-state index is -0.632. The molecule has 2 aromatic heterocycles. The van der Waals surface area contributed by atoms with Crippen molar-refractivity contribution in [3.8, 4) is 68.0 Å². The lowest BCUT2D eigenvalue weighted by Crippen LogP contribution is -2.30. The Morgan fingerprint density at radius 2 is 0.419 bits per heavy atom. The molecule has 0 aliphatic carbocycles. The molecule has 0 radical (unpaired) electrons. The van der Waals surface area contributed by atoms with E-state index in [-0.39, 0.29) is 135 Å². The number of ether oxygens (including phenoxy) is 2. The molecule has 8 aliphatic rings. The van der Waals surface area contributed by atoms with Crippen LogP contribution in [0.3, 0.4) is 0 Å². The van der Waals surface area contributed by atoms with Gasteiger partial charge < -0.3 is 19.4 Å². The lowest BCUT2D eigenvalue weighted by molar-refractivity contribution is 0.0677. The number of carbonyl (C=O) groups excluding carboxylic acids is 16. The SMILES string of the molecule is Cc1ccc2[nH]c(-c3ccc(N4C(=O)c5ccc(Oc6ccc7c(c6)C(=O)N(c6ccc(N8C(=O)c9ccc(-c%10ccc%11c(c%10)C(=O)N(C)C%11=O)cc9C8=O)cc6)C7=O)cc5C4=O)cc3)nc2c1.Cc1ccc2nc(-c3ccc(N4C(=O)c5ccc(-c6ccc7c(c6)C(=O)N(c6ccc(N8C(=O)c9ccc(Oc%10ccc%11c(c%10)C(=O)N(C)C%11=O)cc9C8=O)cc6)C7=O)cc5C4=O)cc3)[nH]c2c1. The molecule has 30 heteroatoms. The van der Waals surface area contributed by atoms with Crippen molar-refractivity contribution in [3.63, 3.8) is 0 Å². The second kappa shape index (κ2) is 30.2. The van der Waals surface area contributed by atoms with Gasteiger partial charge in [0, 0.05) is 25.2 Å². The van der Waals surface area contributed by atoms with E-state index in [9.17, 15) is 76.7 Å². The number of carbonyl (C=O) groups is 16. The van der Waals surface area contributed by atoms with Crippen molar-refractivity contribution >= 4 is 151 Å².